The highest BCUT2D eigenvalue weighted by Gasteiger charge is 2.36. The van der Waals surface area contributed by atoms with E-state index >= 15 is 0 Å². The summed E-state index contributed by atoms with van der Waals surface area (Å²) in [6.45, 7) is 0.888. The molecule has 2 aromatic rings. The Balaban J connectivity index is 1.86. The molecule has 1 N–H and O–H groups in total. The Hall–Kier alpha value is -2.72. The van der Waals surface area contributed by atoms with Crippen molar-refractivity contribution in [3.05, 3.63) is 42.0 Å². The number of para-hydroxylation sites is 1. The number of likely N-dealkylation sites (N-methyl/N-ethyl adjacent to an activating group) is 1. The van der Waals surface area contributed by atoms with E-state index in [0.29, 0.717) is 24.5 Å². The SMILES string of the molecule is CNC(=O)CN1Cc2c(C(=O)N3CCCC3)ncn2-c2ccccc2S1(=O)=O. The molecular weight excluding hydrogens is 382 g/mol. The van der Waals surface area contributed by atoms with Crippen LogP contribution < -0.4 is 5.32 Å². The van der Waals surface area contributed by atoms with Gasteiger partial charge in [0.05, 0.1) is 24.5 Å². The first kappa shape index (κ1) is 18.6. The number of carbonyl (C=O) groups is 2. The lowest BCUT2D eigenvalue weighted by Crippen LogP contribution is -2.39. The van der Waals surface area contributed by atoms with E-state index in [2.05, 4.69) is 10.3 Å². The molecule has 0 aliphatic carbocycles. The number of sulfonamides is 1. The average molecular weight is 403 g/mol. The summed E-state index contributed by atoms with van der Waals surface area (Å²) >= 11 is 0. The molecule has 4 rings (SSSR count). The number of nitrogens with zero attached hydrogens (tertiary/aromatic N) is 4. The van der Waals surface area contributed by atoms with Crippen LogP contribution in [0.5, 0.6) is 0 Å². The van der Waals surface area contributed by atoms with Crippen LogP contribution in [0.3, 0.4) is 0 Å². The molecule has 10 heteroatoms. The molecule has 0 unspecified atom stereocenters. The van der Waals surface area contributed by atoms with Crippen LogP contribution in [0.4, 0.5) is 0 Å². The minimum Gasteiger partial charge on any atom is -0.358 e. The van der Waals surface area contributed by atoms with Crippen molar-refractivity contribution >= 4 is 21.8 Å². The van der Waals surface area contributed by atoms with Gasteiger partial charge in [-0.2, -0.15) is 4.31 Å². The molecule has 2 aliphatic rings. The van der Waals surface area contributed by atoms with Crippen molar-refractivity contribution in [3.63, 3.8) is 0 Å². The molecule has 0 radical (unpaired) electrons. The number of imidazole rings is 1. The zero-order valence-corrected chi connectivity index (χ0v) is 16.3. The van der Waals surface area contributed by atoms with Gasteiger partial charge in [-0.05, 0) is 25.0 Å². The van der Waals surface area contributed by atoms with Gasteiger partial charge in [-0.25, -0.2) is 13.4 Å². The van der Waals surface area contributed by atoms with Crippen LogP contribution in [-0.4, -0.2) is 65.7 Å². The molecule has 28 heavy (non-hydrogen) atoms. The number of carbonyl (C=O) groups excluding carboxylic acids is 2. The van der Waals surface area contributed by atoms with Crippen molar-refractivity contribution in [3.8, 4) is 5.69 Å². The smallest absolute Gasteiger partial charge is 0.274 e. The van der Waals surface area contributed by atoms with E-state index in [1.54, 1.807) is 27.7 Å². The van der Waals surface area contributed by atoms with Crippen molar-refractivity contribution in [2.45, 2.75) is 24.3 Å². The first-order chi connectivity index (χ1) is 13.4. The number of amides is 2. The third-order valence-electron chi connectivity index (χ3n) is 5.13. The summed E-state index contributed by atoms with van der Waals surface area (Å²) in [6.07, 6.45) is 3.37. The van der Waals surface area contributed by atoms with Crippen LogP contribution in [0.25, 0.3) is 5.69 Å². The lowest BCUT2D eigenvalue weighted by molar-refractivity contribution is -0.120. The third-order valence-corrected chi connectivity index (χ3v) is 6.97. The third kappa shape index (κ3) is 2.98. The molecule has 1 saturated heterocycles. The largest absolute Gasteiger partial charge is 0.358 e. The molecule has 1 fully saturated rings. The second-order valence-corrected chi connectivity index (χ2v) is 8.73. The normalized spacial score (nSPS) is 18.2. The molecule has 2 amide bonds. The number of hydrogen-bond acceptors (Lipinski definition) is 5. The number of fused-ring (bicyclic) bond motifs is 3. The Morgan fingerprint density at radius 1 is 1.18 bits per heavy atom. The fourth-order valence-corrected chi connectivity index (χ4v) is 5.17. The van der Waals surface area contributed by atoms with E-state index in [9.17, 15) is 18.0 Å². The van der Waals surface area contributed by atoms with Gasteiger partial charge in [-0.15, -0.1) is 0 Å². The predicted octanol–water partition coefficient (Wildman–Crippen LogP) is 0.359. The molecular formula is C18H21N5O4S. The Labute approximate surface area is 163 Å². The van der Waals surface area contributed by atoms with Crippen molar-refractivity contribution in [1.29, 1.82) is 0 Å². The molecule has 1 aromatic heterocycles. The van der Waals surface area contributed by atoms with Crippen molar-refractivity contribution < 1.29 is 18.0 Å². The predicted molar refractivity (Wildman–Crippen MR) is 100 cm³/mol. The van der Waals surface area contributed by atoms with E-state index in [1.165, 1.54) is 19.4 Å². The molecule has 0 spiro atoms. The van der Waals surface area contributed by atoms with Gasteiger partial charge in [0.1, 0.15) is 11.2 Å². The minimum atomic E-state index is -3.92. The number of rotatable bonds is 3. The molecule has 2 aliphatic heterocycles. The number of hydrogen-bond donors (Lipinski definition) is 1. The standard InChI is InChI=1S/C18H21N5O4S/c1-19-16(24)11-22-10-14-17(18(25)21-8-4-5-9-21)20-12-23(14)13-6-2-3-7-15(13)28(22,26)27/h2-3,6-7,12H,4-5,8-11H2,1H3,(H,19,24). The van der Waals surface area contributed by atoms with Crippen molar-refractivity contribution in [1.82, 2.24) is 24.1 Å². The lowest BCUT2D eigenvalue weighted by Gasteiger charge is -2.20. The summed E-state index contributed by atoms with van der Waals surface area (Å²) in [5, 5.41) is 2.45. The number of nitrogens with one attached hydrogen (secondary N) is 1. The summed E-state index contributed by atoms with van der Waals surface area (Å²) in [6, 6.07) is 6.53. The van der Waals surface area contributed by atoms with Crippen LogP contribution in [0.15, 0.2) is 35.5 Å². The summed E-state index contributed by atoms with van der Waals surface area (Å²) in [5.41, 5.74) is 1.12. The van der Waals surface area contributed by atoms with Gasteiger partial charge in [-0.3, -0.25) is 14.2 Å². The molecule has 1 aromatic carbocycles. The van der Waals surface area contributed by atoms with Crippen LogP contribution in [-0.2, 0) is 21.4 Å². The van der Waals surface area contributed by atoms with E-state index < -0.39 is 15.9 Å². The van der Waals surface area contributed by atoms with Crippen LogP contribution in [0, 0.1) is 0 Å². The Bertz CT molecular complexity index is 1040. The number of likely N-dealkylation sites (tertiary alicyclic amines) is 1. The fourth-order valence-electron chi connectivity index (χ4n) is 3.63. The van der Waals surface area contributed by atoms with Gasteiger partial charge in [0.25, 0.3) is 5.91 Å². The molecule has 9 nitrogen and oxygen atoms in total. The summed E-state index contributed by atoms with van der Waals surface area (Å²) in [7, 11) is -2.47. The van der Waals surface area contributed by atoms with Crippen LogP contribution in [0.1, 0.15) is 29.0 Å². The minimum absolute atomic E-state index is 0.0789. The maximum absolute atomic E-state index is 13.2. The zero-order chi connectivity index (χ0) is 19.9. The van der Waals surface area contributed by atoms with Crippen LogP contribution in [0.2, 0.25) is 0 Å². The van der Waals surface area contributed by atoms with E-state index in [4.69, 9.17) is 0 Å². The highest BCUT2D eigenvalue weighted by atomic mass is 32.2. The van der Waals surface area contributed by atoms with E-state index in [0.717, 1.165) is 17.1 Å². The van der Waals surface area contributed by atoms with E-state index in [1.807, 2.05) is 0 Å². The van der Waals surface area contributed by atoms with Gasteiger partial charge < -0.3 is 10.2 Å². The maximum atomic E-state index is 13.2. The molecule has 0 bridgehead atoms. The molecule has 0 saturated carbocycles. The highest BCUT2D eigenvalue weighted by molar-refractivity contribution is 7.89. The first-order valence-corrected chi connectivity index (χ1v) is 10.5. The Morgan fingerprint density at radius 2 is 1.89 bits per heavy atom. The molecule has 3 heterocycles. The summed E-state index contributed by atoms with van der Waals surface area (Å²) in [5.74, 6) is -0.635. The second kappa shape index (κ2) is 7.02. The van der Waals surface area contributed by atoms with Crippen LogP contribution >= 0.6 is 0 Å². The van der Waals surface area contributed by atoms with Crippen molar-refractivity contribution in [2.24, 2.45) is 0 Å². The zero-order valence-electron chi connectivity index (χ0n) is 15.5. The van der Waals surface area contributed by atoms with Crippen molar-refractivity contribution in [2.75, 3.05) is 26.7 Å². The molecule has 148 valence electrons. The molecule has 0 atom stereocenters. The average Bonchev–Trinajstić information content (AvgIpc) is 3.35. The maximum Gasteiger partial charge on any atom is 0.274 e. The summed E-state index contributed by atoms with van der Waals surface area (Å²) in [4.78, 5) is 31.0. The van der Waals surface area contributed by atoms with E-state index in [-0.39, 0.29) is 29.6 Å². The Kier molecular flexibility index (Phi) is 4.68. The lowest BCUT2D eigenvalue weighted by atomic mass is 10.2. The topological polar surface area (TPSA) is 105 Å². The fraction of sp³-hybridized carbons (Fsp3) is 0.389. The van der Waals surface area contributed by atoms with Gasteiger partial charge in [-0.1, -0.05) is 12.1 Å². The number of benzene rings is 1. The second-order valence-electron chi connectivity index (χ2n) is 6.82. The first-order valence-electron chi connectivity index (χ1n) is 9.09. The summed E-state index contributed by atoms with van der Waals surface area (Å²) < 4.78 is 29.1. The Morgan fingerprint density at radius 3 is 2.61 bits per heavy atom. The van der Waals surface area contributed by atoms with Gasteiger partial charge in [0, 0.05) is 20.1 Å². The quantitative estimate of drug-likeness (QED) is 0.797. The van der Waals surface area contributed by atoms with Gasteiger partial charge >= 0.3 is 0 Å². The van der Waals surface area contributed by atoms with Gasteiger partial charge in [0.2, 0.25) is 15.9 Å². The monoisotopic (exact) mass is 403 g/mol. The highest BCUT2D eigenvalue weighted by Crippen LogP contribution is 2.31. The number of aromatic nitrogens is 2. The van der Waals surface area contributed by atoms with Gasteiger partial charge in [0.15, 0.2) is 5.69 Å².